The molecule has 1 aromatic rings. The quantitative estimate of drug-likeness (QED) is 0.759. The fourth-order valence-electron chi connectivity index (χ4n) is 2.23. The average molecular weight is 254 g/mol. The van der Waals surface area contributed by atoms with Gasteiger partial charge in [0.25, 0.3) is 0 Å². The maximum atomic E-state index is 5.73. The summed E-state index contributed by atoms with van der Waals surface area (Å²) in [7, 11) is 0. The number of hydrogen-bond acceptors (Lipinski definition) is 3. The number of nitrogens with zero attached hydrogens (tertiary/aromatic N) is 3. The summed E-state index contributed by atoms with van der Waals surface area (Å²) in [6, 6.07) is 0. The van der Waals surface area contributed by atoms with E-state index in [1.165, 1.54) is 6.42 Å². The van der Waals surface area contributed by atoms with E-state index in [0.29, 0.717) is 11.3 Å². The van der Waals surface area contributed by atoms with Gasteiger partial charge in [0.15, 0.2) is 0 Å². The van der Waals surface area contributed by atoms with Crippen molar-refractivity contribution in [3.63, 3.8) is 0 Å². The van der Waals surface area contributed by atoms with E-state index >= 15 is 0 Å². The van der Waals surface area contributed by atoms with Crippen molar-refractivity contribution in [2.75, 3.05) is 18.0 Å². The molecular weight excluding hydrogens is 234 g/mol. The second-order valence-corrected chi connectivity index (χ2v) is 6.09. The first-order chi connectivity index (χ1) is 8.00. The third kappa shape index (κ3) is 2.89. The van der Waals surface area contributed by atoms with Gasteiger partial charge < -0.3 is 4.90 Å². The van der Waals surface area contributed by atoms with Crippen molar-refractivity contribution in [2.24, 2.45) is 11.3 Å². The SMILES string of the molecule is CC(C)(C)C1CCN(c2ncc(CCl)cn2)C1. The molecule has 2 rings (SSSR count). The predicted molar refractivity (Wildman–Crippen MR) is 71.4 cm³/mol. The summed E-state index contributed by atoms with van der Waals surface area (Å²) in [6.45, 7) is 9.03. The van der Waals surface area contributed by atoms with Crippen LogP contribution in [0.3, 0.4) is 0 Å². The summed E-state index contributed by atoms with van der Waals surface area (Å²) < 4.78 is 0. The van der Waals surface area contributed by atoms with Crippen LogP contribution in [0.4, 0.5) is 5.95 Å². The van der Waals surface area contributed by atoms with Gasteiger partial charge in [-0.15, -0.1) is 11.6 Å². The topological polar surface area (TPSA) is 29.0 Å². The Hall–Kier alpha value is -0.830. The fraction of sp³-hybridized carbons (Fsp3) is 0.692. The summed E-state index contributed by atoms with van der Waals surface area (Å²) in [6.07, 6.45) is 4.86. The second-order valence-electron chi connectivity index (χ2n) is 5.82. The van der Waals surface area contributed by atoms with Crippen LogP contribution in [0.5, 0.6) is 0 Å². The van der Waals surface area contributed by atoms with E-state index in [1.807, 2.05) is 12.4 Å². The summed E-state index contributed by atoms with van der Waals surface area (Å²) in [4.78, 5) is 11.0. The standard InChI is InChI=1S/C13H20ClN3/c1-13(2,3)11-4-5-17(9-11)12-15-7-10(6-14)8-16-12/h7-8,11H,4-6,9H2,1-3H3. The summed E-state index contributed by atoms with van der Waals surface area (Å²) in [5.74, 6) is 2.04. The largest absolute Gasteiger partial charge is 0.341 e. The molecule has 1 unspecified atom stereocenters. The molecule has 17 heavy (non-hydrogen) atoms. The summed E-state index contributed by atoms with van der Waals surface area (Å²) in [5, 5.41) is 0. The highest BCUT2D eigenvalue weighted by atomic mass is 35.5. The van der Waals surface area contributed by atoms with Gasteiger partial charge in [-0.2, -0.15) is 0 Å². The van der Waals surface area contributed by atoms with E-state index in [-0.39, 0.29) is 0 Å². The maximum absolute atomic E-state index is 5.73. The van der Waals surface area contributed by atoms with Crippen molar-refractivity contribution in [1.29, 1.82) is 0 Å². The van der Waals surface area contributed by atoms with Crippen molar-refractivity contribution in [2.45, 2.75) is 33.1 Å². The third-order valence-corrected chi connectivity index (χ3v) is 3.85. The zero-order chi connectivity index (χ0) is 12.5. The highest BCUT2D eigenvalue weighted by molar-refractivity contribution is 6.17. The zero-order valence-electron chi connectivity index (χ0n) is 10.8. The monoisotopic (exact) mass is 253 g/mol. The molecule has 0 spiro atoms. The van der Waals surface area contributed by atoms with Gasteiger partial charge in [-0.1, -0.05) is 20.8 Å². The van der Waals surface area contributed by atoms with Crippen molar-refractivity contribution in [1.82, 2.24) is 9.97 Å². The molecule has 0 radical (unpaired) electrons. The lowest BCUT2D eigenvalue weighted by Crippen LogP contribution is -2.26. The number of halogens is 1. The Labute approximate surface area is 108 Å². The molecule has 0 aromatic carbocycles. The van der Waals surface area contributed by atoms with Crippen LogP contribution in [0.15, 0.2) is 12.4 Å². The van der Waals surface area contributed by atoms with E-state index in [1.54, 1.807) is 0 Å². The van der Waals surface area contributed by atoms with Crippen LogP contribution >= 0.6 is 11.6 Å². The van der Waals surface area contributed by atoms with Crippen LogP contribution in [0.1, 0.15) is 32.8 Å². The molecular formula is C13H20ClN3. The van der Waals surface area contributed by atoms with Crippen molar-refractivity contribution < 1.29 is 0 Å². The molecule has 1 aliphatic rings. The first kappa shape index (κ1) is 12.6. The van der Waals surface area contributed by atoms with Gasteiger partial charge in [-0.25, -0.2) is 9.97 Å². The molecule has 1 saturated heterocycles. The number of rotatable bonds is 2. The van der Waals surface area contributed by atoms with Gasteiger partial charge in [0, 0.05) is 31.0 Å². The minimum Gasteiger partial charge on any atom is -0.341 e. The second kappa shape index (κ2) is 4.81. The van der Waals surface area contributed by atoms with Crippen LogP contribution < -0.4 is 4.90 Å². The minimum absolute atomic E-state index is 0.366. The van der Waals surface area contributed by atoms with Gasteiger partial charge in [0.1, 0.15) is 0 Å². The smallest absolute Gasteiger partial charge is 0.225 e. The van der Waals surface area contributed by atoms with Crippen LogP contribution in [-0.2, 0) is 5.88 Å². The molecule has 2 heterocycles. The highest BCUT2D eigenvalue weighted by Crippen LogP contribution is 2.34. The predicted octanol–water partition coefficient (Wildman–Crippen LogP) is 3.09. The van der Waals surface area contributed by atoms with Gasteiger partial charge in [0.2, 0.25) is 5.95 Å². The van der Waals surface area contributed by atoms with E-state index in [4.69, 9.17) is 11.6 Å². The Morgan fingerprint density at radius 2 is 2.00 bits per heavy atom. The number of alkyl halides is 1. The Bertz CT molecular complexity index is 369. The first-order valence-electron chi connectivity index (χ1n) is 6.12. The fourth-order valence-corrected chi connectivity index (χ4v) is 2.37. The molecule has 1 aromatic heterocycles. The Balaban J connectivity index is 2.05. The van der Waals surface area contributed by atoms with E-state index in [9.17, 15) is 0 Å². The van der Waals surface area contributed by atoms with Gasteiger partial charge in [-0.3, -0.25) is 0 Å². The lowest BCUT2D eigenvalue weighted by Gasteiger charge is -2.26. The van der Waals surface area contributed by atoms with E-state index in [2.05, 4.69) is 35.6 Å². The molecule has 0 amide bonds. The average Bonchev–Trinajstić information content (AvgIpc) is 2.78. The van der Waals surface area contributed by atoms with Crippen LogP contribution in [0.2, 0.25) is 0 Å². The molecule has 0 N–H and O–H groups in total. The van der Waals surface area contributed by atoms with Gasteiger partial charge in [0.05, 0.1) is 5.88 Å². The molecule has 0 bridgehead atoms. The Morgan fingerprint density at radius 1 is 1.35 bits per heavy atom. The molecule has 1 aliphatic heterocycles. The maximum Gasteiger partial charge on any atom is 0.225 e. The molecule has 3 nitrogen and oxygen atoms in total. The lowest BCUT2D eigenvalue weighted by atomic mass is 9.80. The van der Waals surface area contributed by atoms with E-state index < -0.39 is 0 Å². The number of aromatic nitrogens is 2. The van der Waals surface area contributed by atoms with Crippen LogP contribution in [-0.4, -0.2) is 23.1 Å². The summed E-state index contributed by atoms with van der Waals surface area (Å²) in [5.41, 5.74) is 1.34. The van der Waals surface area contributed by atoms with E-state index in [0.717, 1.165) is 30.5 Å². The summed E-state index contributed by atoms with van der Waals surface area (Å²) >= 11 is 5.73. The number of hydrogen-bond donors (Lipinski definition) is 0. The van der Waals surface area contributed by atoms with Crippen molar-refractivity contribution in [3.05, 3.63) is 18.0 Å². The van der Waals surface area contributed by atoms with Gasteiger partial charge in [-0.05, 0) is 17.8 Å². The molecule has 4 heteroatoms. The Morgan fingerprint density at radius 3 is 2.47 bits per heavy atom. The first-order valence-corrected chi connectivity index (χ1v) is 6.66. The Kier molecular flexibility index (Phi) is 3.57. The number of anilines is 1. The molecule has 1 atom stereocenters. The molecule has 0 saturated carbocycles. The normalized spacial score (nSPS) is 20.9. The highest BCUT2D eigenvalue weighted by Gasteiger charge is 2.32. The zero-order valence-corrected chi connectivity index (χ0v) is 11.5. The van der Waals surface area contributed by atoms with Crippen molar-refractivity contribution in [3.8, 4) is 0 Å². The molecule has 94 valence electrons. The molecule has 0 aliphatic carbocycles. The van der Waals surface area contributed by atoms with Crippen LogP contribution in [0.25, 0.3) is 0 Å². The van der Waals surface area contributed by atoms with Crippen molar-refractivity contribution >= 4 is 17.5 Å². The minimum atomic E-state index is 0.366. The van der Waals surface area contributed by atoms with Gasteiger partial charge >= 0.3 is 0 Å². The molecule has 1 fully saturated rings. The van der Waals surface area contributed by atoms with Crippen LogP contribution in [0, 0.1) is 11.3 Å². The third-order valence-electron chi connectivity index (χ3n) is 3.54. The lowest BCUT2D eigenvalue weighted by molar-refractivity contribution is 0.263.